The molecule has 1 fully saturated rings. The van der Waals surface area contributed by atoms with Crippen LogP contribution in [0.5, 0.6) is 11.5 Å². The maximum atomic E-state index is 12.5. The minimum Gasteiger partial charge on any atom is -0.490 e. The summed E-state index contributed by atoms with van der Waals surface area (Å²) in [4.78, 5) is 5.73. The summed E-state index contributed by atoms with van der Waals surface area (Å²) >= 11 is 0. The molecule has 3 rings (SSSR count). The van der Waals surface area contributed by atoms with Gasteiger partial charge in [-0.1, -0.05) is 0 Å². The minimum absolute atomic E-state index is 0. The number of piperidine rings is 1. The minimum atomic E-state index is -4.11. The van der Waals surface area contributed by atoms with E-state index in [9.17, 15) is 13.2 Å². The second-order valence-corrected chi connectivity index (χ2v) is 7.46. The number of nitrogens with one attached hydrogen (secondary N) is 2. The SMILES string of the molecule is CN=C(NCCC1CCN(CC(F)(F)F)CC1)Nc1ccc2c(c1)OCCCO2.I. The van der Waals surface area contributed by atoms with E-state index in [1.807, 2.05) is 18.2 Å². The van der Waals surface area contributed by atoms with Crippen LogP contribution in [0.3, 0.4) is 0 Å². The third-order valence-corrected chi connectivity index (χ3v) is 5.19. The van der Waals surface area contributed by atoms with Gasteiger partial charge in [0.15, 0.2) is 17.5 Å². The molecule has 0 spiro atoms. The Hall–Kier alpha value is -1.43. The summed E-state index contributed by atoms with van der Waals surface area (Å²) < 4.78 is 48.8. The monoisotopic (exact) mass is 542 g/mol. The predicted molar refractivity (Wildman–Crippen MR) is 122 cm³/mol. The maximum Gasteiger partial charge on any atom is 0.401 e. The van der Waals surface area contributed by atoms with Gasteiger partial charge in [-0.2, -0.15) is 13.2 Å². The quantitative estimate of drug-likeness (QED) is 0.333. The van der Waals surface area contributed by atoms with Gasteiger partial charge in [-0.05, 0) is 50.4 Å². The van der Waals surface area contributed by atoms with Crippen molar-refractivity contribution in [2.75, 3.05) is 51.8 Å². The number of benzene rings is 1. The smallest absolute Gasteiger partial charge is 0.401 e. The first-order chi connectivity index (χ1) is 13.9. The molecule has 6 nitrogen and oxygen atoms in total. The van der Waals surface area contributed by atoms with Crippen LogP contribution in [0.1, 0.15) is 25.7 Å². The molecule has 10 heteroatoms. The molecule has 0 saturated carbocycles. The Morgan fingerprint density at radius 1 is 1.17 bits per heavy atom. The molecular formula is C20H30F3IN4O2. The van der Waals surface area contributed by atoms with Crippen LogP contribution in [0.2, 0.25) is 0 Å². The summed E-state index contributed by atoms with van der Waals surface area (Å²) in [6, 6.07) is 5.69. The van der Waals surface area contributed by atoms with Crippen molar-refractivity contribution in [3.8, 4) is 11.5 Å². The van der Waals surface area contributed by atoms with E-state index in [1.165, 1.54) is 4.90 Å². The molecule has 0 amide bonds. The van der Waals surface area contributed by atoms with Crippen molar-refractivity contribution in [1.82, 2.24) is 10.2 Å². The van der Waals surface area contributed by atoms with Crippen molar-refractivity contribution < 1.29 is 22.6 Å². The molecule has 2 heterocycles. The number of fused-ring (bicyclic) bond motifs is 1. The maximum absolute atomic E-state index is 12.5. The Balaban J connectivity index is 0.00000320. The molecule has 1 aromatic carbocycles. The molecule has 2 aliphatic heterocycles. The molecule has 2 N–H and O–H groups in total. The van der Waals surface area contributed by atoms with E-state index >= 15 is 0 Å². The number of anilines is 1. The molecule has 1 aromatic rings. The van der Waals surface area contributed by atoms with Gasteiger partial charge in [-0.3, -0.25) is 9.89 Å². The van der Waals surface area contributed by atoms with Crippen LogP contribution in [-0.2, 0) is 0 Å². The highest BCUT2D eigenvalue weighted by Crippen LogP contribution is 2.32. The Kier molecular flexibility index (Phi) is 9.79. The first-order valence-electron chi connectivity index (χ1n) is 10.1. The largest absolute Gasteiger partial charge is 0.490 e. The van der Waals surface area contributed by atoms with Gasteiger partial charge >= 0.3 is 6.18 Å². The van der Waals surface area contributed by atoms with Crippen LogP contribution in [-0.4, -0.2) is 63.5 Å². The topological polar surface area (TPSA) is 58.1 Å². The fourth-order valence-corrected chi connectivity index (χ4v) is 3.64. The van der Waals surface area contributed by atoms with E-state index in [-0.39, 0.29) is 24.0 Å². The van der Waals surface area contributed by atoms with Crippen LogP contribution in [0.4, 0.5) is 18.9 Å². The number of hydrogen-bond donors (Lipinski definition) is 2. The lowest BCUT2D eigenvalue weighted by atomic mass is 9.93. The molecule has 0 radical (unpaired) electrons. The first-order valence-corrected chi connectivity index (χ1v) is 10.1. The van der Waals surface area contributed by atoms with Crippen LogP contribution in [0.15, 0.2) is 23.2 Å². The number of aliphatic imine (C=N–C) groups is 1. The van der Waals surface area contributed by atoms with Gasteiger partial charge in [0.05, 0.1) is 19.8 Å². The number of ether oxygens (including phenoxy) is 2. The molecule has 2 aliphatic rings. The zero-order chi connectivity index (χ0) is 20.7. The summed E-state index contributed by atoms with van der Waals surface area (Å²) in [5, 5.41) is 6.52. The second-order valence-electron chi connectivity index (χ2n) is 7.46. The van der Waals surface area contributed by atoms with Crippen molar-refractivity contribution in [1.29, 1.82) is 0 Å². The zero-order valence-electron chi connectivity index (χ0n) is 17.1. The fourth-order valence-electron chi connectivity index (χ4n) is 3.64. The number of rotatable bonds is 5. The van der Waals surface area contributed by atoms with Gasteiger partial charge in [-0.15, -0.1) is 24.0 Å². The zero-order valence-corrected chi connectivity index (χ0v) is 19.5. The van der Waals surface area contributed by atoms with E-state index in [0.29, 0.717) is 50.5 Å². The molecule has 0 unspecified atom stereocenters. The predicted octanol–water partition coefficient (Wildman–Crippen LogP) is 4.12. The Morgan fingerprint density at radius 2 is 1.87 bits per heavy atom. The van der Waals surface area contributed by atoms with Gasteiger partial charge < -0.3 is 20.1 Å². The molecule has 0 aromatic heterocycles. The van der Waals surface area contributed by atoms with Crippen molar-refractivity contribution in [3.05, 3.63) is 18.2 Å². The summed E-state index contributed by atoms with van der Waals surface area (Å²) in [7, 11) is 1.70. The van der Waals surface area contributed by atoms with Crippen LogP contribution < -0.4 is 20.1 Å². The average Bonchev–Trinajstić information content (AvgIpc) is 2.92. The number of likely N-dealkylation sites (tertiary alicyclic amines) is 1. The molecule has 1 saturated heterocycles. The van der Waals surface area contributed by atoms with Crippen LogP contribution in [0.25, 0.3) is 0 Å². The van der Waals surface area contributed by atoms with Gasteiger partial charge in [0.2, 0.25) is 0 Å². The standard InChI is InChI=1S/C20H29F3N4O2.HI/c1-24-19(26-16-3-4-17-18(13-16)29-12-2-11-28-17)25-8-5-15-6-9-27(10-7-15)14-20(21,22)23;/h3-4,13,15H,2,5-12,14H2,1H3,(H2,24,25,26);1H. The van der Waals surface area contributed by atoms with Crippen molar-refractivity contribution in [2.24, 2.45) is 10.9 Å². The van der Waals surface area contributed by atoms with Crippen molar-refractivity contribution in [3.63, 3.8) is 0 Å². The van der Waals surface area contributed by atoms with Gasteiger partial charge in [0.1, 0.15) is 0 Å². The highest BCUT2D eigenvalue weighted by Gasteiger charge is 2.32. The molecular weight excluding hydrogens is 512 g/mol. The Bertz CT molecular complexity index is 695. The van der Waals surface area contributed by atoms with E-state index in [4.69, 9.17) is 9.47 Å². The van der Waals surface area contributed by atoms with E-state index in [0.717, 1.165) is 37.1 Å². The first kappa shape index (κ1) is 24.8. The summed E-state index contributed by atoms with van der Waals surface area (Å²) in [5.74, 6) is 2.54. The van der Waals surface area contributed by atoms with Crippen LogP contribution in [0, 0.1) is 5.92 Å². The molecule has 0 atom stereocenters. The number of guanidine groups is 1. The summed E-state index contributed by atoms with van der Waals surface area (Å²) in [5.41, 5.74) is 0.850. The summed E-state index contributed by atoms with van der Waals surface area (Å²) in [6.45, 7) is 2.21. The Labute approximate surface area is 192 Å². The number of halogens is 4. The number of alkyl halides is 3. The molecule has 0 bridgehead atoms. The normalized spacial score (nSPS) is 18.3. The molecule has 30 heavy (non-hydrogen) atoms. The van der Waals surface area contributed by atoms with E-state index in [2.05, 4.69) is 15.6 Å². The third kappa shape index (κ3) is 8.01. The molecule has 0 aliphatic carbocycles. The van der Waals surface area contributed by atoms with Gasteiger partial charge in [0, 0.05) is 31.8 Å². The third-order valence-electron chi connectivity index (χ3n) is 5.19. The van der Waals surface area contributed by atoms with Gasteiger partial charge in [-0.25, -0.2) is 0 Å². The summed E-state index contributed by atoms with van der Waals surface area (Å²) in [6.07, 6.45) is -0.755. The average molecular weight is 542 g/mol. The van der Waals surface area contributed by atoms with E-state index in [1.54, 1.807) is 7.05 Å². The lowest BCUT2D eigenvalue weighted by Gasteiger charge is -2.32. The van der Waals surface area contributed by atoms with Crippen molar-refractivity contribution in [2.45, 2.75) is 31.9 Å². The fraction of sp³-hybridized carbons (Fsp3) is 0.650. The molecule has 170 valence electrons. The van der Waals surface area contributed by atoms with Crippen molar-refractivity contribution >= 4 is 35.6 Å². The van der Waals surface area contributed by atoms with Gasteiger partial charge in [0.25, 0.3) is 0 Å². The highest BCUT2D eigenvalue weighted by molar-refractivity contribution is 14.0. The Morgan fingerprint density at radius 3 is 2.53 bits per heavy atom. The second kappa shape index (κ2) is 11.8. The number of hydrogen-bond acceptors (Lipinski definition) is 4. The van der Waals surface area contributed by atoms with E-state index < -0.39 is 12.7 Å². The lowest BCUT2D eigenvalue weighted by molar-refractivity contribution is -0.148. The number of nitrogens with zero attached hydrogens (tertiary/aromatic N) is 2. The lowest BCUT2D eigenvalue weighted by Crippen LogP contribution is -2.40. The van der Waals surface area contributed by atoms with Crippen LogP contribution >= 0.6 is 24.0 Å². The highest BCUT2D eigenvalue weighted by atomic mass is 127.